The monoisotopic (exact) mass is 256 g/mol. The number of ether oxygens (including phenoxy) is 1. The van der Waals surface area contributed by atoms with Gasteiger partial charge in [-0.25, -0.2) is 4.39 Å². The van der Waals surface area contributed by atoms with Crippen molar-refractivity contribution in [2.75, 3.05) is 5.73 Å². The molecule has 96 valence electrons. The van der Waals surface area contributed by atoms with Gasteiger partial charge in [-0.05, 0) is 30.3 Å². The van der Waals surface area contributed by atoms with Crippen LogP contribution in [-0.2, 0) is 6.61 Å². The van der Waals surface area contributed by atoms with Crippen molar-refractivity contribution in [1.82, 2.24) is 4.98 Å². The number of fused-ring (bicyclic) bond motifs is 1. The van der Waals surface area contributed by atoms with E-state index in [0.29, 0.717) is 18.0 Å². The fraction of sp³-hybridized carbons (Fsp3) is 0.0667. The van der Waals surface area contributed by atoms with Crippen LogP contribution < -0.4 is 10.5 Å². The fourth-order valence-corrected chi connectivity index (χ4v) is 2.03. The molecule has 1 aromatic heterocycles. The van der Waals surface area contributed by atoms with Crippen molar-refractivity contribution < 1.29 is 9.13 Å². The number of H-pyrrole nitrogens is 1. The third-order valence-corrected chi connectivity index (χ3v) is 2.98. The molecule has 0 unspecified atom stereocenters. The molecule has 0 aliphatic carbocycles. The lowest BCUT2D eigenvalue weighted by molar-refractivity contribution is 0.306. The third kappa shape index (κ3) is 2.38. The van der Waals surface area contributed by atoms with Gasteiger partial charge in [0.25, 0.3) is 0 Å². The Morgan fingerprint density at radius 2 is 2.05 bits per heavy atom. The van der Waals surface area contributed by atoms with Gasteiger partial charge < -0.3 is 15.5 Å². The molecule has 0 saturated heterocycles. The van der Waals surface area contributed by atoms with Gasteiger partial charge in [0.2, 0.25) is 0 Å². The van der Waals surface area contributed by atoms with Crippen LogP contribution in [0.3, 0.4) is 0 Å². The van der Waals surface area contributed by atoms with Crippen LogP contribution in [0.25, 0.3) is 10.9 Å². The minimum Gasteiger partial charge on any atom is -0.489 e. The first-order chi connectivity index (χ1) is 9.22. The average molecular weight is 256 g/mol. The van der Waals surface area contributed by atoms with E-state index in [1.54, 1.807) is 12.1 Å². The van der Waals surface area contributed by atoms with Crippen molar-refractivity contribution in [2.24, 2.45) is 0 Å². The number of anilines is 1. The summed E-state index contributed by atoms with van der Waals surface area (Å²) >= 11 is 0. The van der Waals surface area contributed by atoms with E-state index in [1.165, 1.54) is 12.1 Å². The molecular weight excluding hydrogens is 243 g/mol. The van der Waals surface area contributed by atoms with E-state index < -0.39 is 0 Å². The van der Waals surface area contributed by atoms with Crippen LogP contribution in [0.5, 0.6) is 5.75 Å². The highest BCUT2D eigenvalue weighted by atomic mass is 19.1. The largest absolute Gasteiger partial charge is 0.489 e. The van der Waals surface area contributed by atoms with Gasteiger partial charge in [-0.2, -0.15) is 0 Å². The fourth-order valence-electron chi connectivity index (χ4n) is 2.03. The van der Waals surface area contributed by atoms with Gasteiger partial charge in [0, 0.05) is 34.4 Å². The Hall–Kier alpha value is -2.49. The zero-order valence-electron chi connectivity index (χ0n) is 10.2. The second-order valence-electron chi connectivity index (χ2n) is 4.36. The first-order valence-corrected chi connectivity index (χ1v) is 5.96. The number of halogens is 1. The van der Waals surface area contributed by atoms with Crippen LogP contribution in [0.4, 0.5) is 10.1 Å². The Morgan fingerprint density at radius 3 is 2.89 bits per heavy atom. The molecule has 3 aromatic rings. The quantitative estimate of drug-likeness (QED) is 0.705. The molecule has 0 fully saturated rings. The number of aromatic nitrogens is 1. The Kier molecular flexibility index (Phi) is 2.83. The van der Waals surface area contributed by atoms with Crippen molar-refractivity contribution in [1.29, 1.82) is 0 Å². The van der Waals surface area contributed by atoms with Crippen LogP contribution in [0.2, 0.25) is 0 Å². The molecule has 0 amide bonds. The number of benzene rings is 2. The summed E-state index contributed by atoms with van der Waals surface area (Å²) in [7, 11) is 0. The molecule has 3 rings (SSSR count). The van der Waals surface area contributed by atoms with Gasteiger partial charge >= 0.3 is 0 Å². The minimum absolute atomic E-state index is 0.305. The van der Waals surface area contributed by atoms with Crippen molar-refractivity contribution in [3.8, 4) is 5.75 Å². The summed E-state index contributed by atoms with van der Waals surface area (Å²) in [6, 6.07) is 11.8. The van der Waals surface area contributed by atoms with E-state index in [9.17, 15) is 4.39 Å². The standard InChI is InChI=1S/C15H13FN2O/c16-11-2-1-3-13(6-11)19-9-10-8-18-15-5-4-12(17)7-14(10)15/h1-8,18H,9,17H2. The SMILES string of the molecule is Nc1ccc2[nH]cc(COc3cccc(F)c3)c2c1. The molecule has 0 aliphatic heterocycles. The van der Waals surface area contributed by atoms with Gasteiger partial charge in [0.1, 0.15) is 18.2 Å². The maximum Gasteiger partial charge on any atom is 0.126 e. The number of rotatable bonds is 3. The Balaban J connectivity index is 1.84. The number of hydrogen-bond donors (Lipinski definition) is 2. The lowest BCUT2D eigenvalue weighted by Crippen LogP contribution is -1.95. The molecule has 0 radical (unpaired) electrons. The maximum atomic E-state index is 13.0. The van der Waals surface area contributed by atoms with Gasteiger partial charge in [-0.15, -0.1) is 0 Å². The molecular formula is C15H13FN2O. The van der Waals surface area contributed by atoms with Crippen LogP contribution in [0, 0.1) is 5.82 Å². The summed E-state index contributed by atoms with van der Waals surface area (Å²) in [5.74, 6) is 0.207. The van der Waals surface area contributed by atoms with E-state index in [2.05, 4.69) is 4.98 Å². The van der Waals surface area contributed by atoms with E-state index in [-0.39, 0.29) is 5.82 Å². The summed E-state index contributed by atoms with van der Waals surface area (Å²) in [5.41, 5.74) is 8.48. The van der Waals surface area contributed by atoms with Gasteiger partial charge in [0.15, 0.2) is 0 Å². The predicted octanol–water partition coefficient (Wildman–Crippen LogP) is 3.47. The molecule has 0 saturated carbocycles. The van der Waals surface area contributed by atoms with Gasteiger partial charge in [-0.3, -0.25) is 0 Å². The predicted molar refractivity (Wildman–Crippen MR) is 73.4 cm³/mol. The zero-order chi connectivity index (χ0) is 13.2. The molecule has 3 nitrogen and oxygen atoms in total. The van der Waals surface area contributed by atoms with E-state index >= 15 is 0 Å². The first-order valence-electron chi connectivity index (χ1n) is 5.96. The van der Waals surface area contributed by atoms with Crippen LogP contribution in [0.15, 0.2) is 48.7 Å². The topological polar surface area (TPSA) is 51.0 Å². The second-order valence-corrected chi connectivity index (χ2v) is 4.36. The van der Waals surface area contributed by atoms with E-state index in [4.69, 9.17) is 10.5 Å². The number of aromatic amines is 1. The lowest BCUT2D eigenvalue weighted by atomic mass is 10.1. The molecule has 0 atom stereocenters. The molecule has 4 heteroatoms. The Bertz CT molecular complexity index is 721. The van der Waals surface area contributed by atoms with Crippen molar-refractivity contribution >= 4 is 16.6 Å². The maximum absolute atomic E-state index is 13.0. The Labute approximate surface area is 109 Å². The van der Waals surface area contributed by atoms with Crippen molar-refractivity contribution in [2.45, 2.75) is 6.61 Å². The summed E-state index contributed by atoms with van der Waals surface area (Å²) in [5, 5.41) is 1.02. The first kappa shape index (κ1) is 11.6. The number of nitrogen functional groups attached to an aromatic ring is 1. The highest BCUT2D eigenvalue weighted by Crippen LogP contribution is 2.22. The molecule has 0 aliphatic rings. The molecule has 19 heavy (non-hydrogen) atoms. The normalized spacial score (nSPS) is 10.8. The summed E-state index contributed by atoms with van der Waals surface area (Å²) in [4.78, 5) is 3.15. The molecule has 0 spiro atoms. The molecule has 0 bridgehead atoms. The second kappa shape index (κ2) is 4.65. The molecule has 1 heterocycles. The van der Waals surface area contributed by atoms with Crippen LogP contribution >= 0.6 is 0 Å². The van der Waals surface area contributed by atoms with Crippen LogP contribution in [-0.4, -0.2) is 4.98 Å². The zero-order valence-corrected chi connectivity index (χ0v) is 10.2. The van der Waals surface area contributed by atoms with E-state index in [0.717, 1.165) is 16.5 Å². The number of nitrogens with one attached hydrogen (secondary N) is 1. The smallest absolute Gasteiger partial charge is 0.126 e. The van der Waals surface area contributed by atoms with Gasteiger partial charge in [0.05, 0.1) is 0 Å². The molecule has 3 N–H and O–H groups in total. The Morgan fingerprint density at radius 1 is 1.16 bits per heavy atom. The highest BCUT2D eigenvalue weighted by molar-refractivity contribution is 5.85. The minimum atomic E-state index is -0.305. The molecule has 2 aromatic carbocycles. The summed E-state index contributed by atoms with van der Waals surface area (Å²) in [6.07, 6.45) is 1.88. The highest BCUT2D eigenvalue weighted by Gasteiger charge is 2.05. The lowest BCUT2D eigenvalue weighted by Gasteiger charge is -2.05. The van der Waals surface area contributed by atoms with Gasteiger partial charge in [-0.1, -0.05) is 6.07 Å². The average Bonchev–Trinajstić information content (AvgIpc) is 2.79. The third-order valence-electron chi connectivity index (χ3n) is 2.98. The van der Waals surface area contributed by atoms with Crippen LogP contribution in [0.1, 0.15) is 5.56 Å². The van der Waals surface area contributed by atoms with Crippen molar-refractivity contribution in [3.05, 3.63) is 60.0 Å². The van der Waals surface area contributed by atoms with Crippen molar-refractivity contribution in [3.63, 3.8) is 0 Å². The van der Waals surface area contributed by atoms with E-state index in [1.807, 2.05) is 24.4 Å². The summed E-state index contributed by atoms with van der Waals surface area (Å²) in [6.45, 7) is 0.368. The summed E-state index contributed by atoms with van der Waals surface area (Å²) < 4.78 is 18.6. The number of hydrogen-bond acceptors (Lipinski definition) is 2. The number of nitrogens with two attached hydrogens (primary N) is 1.